The number of benzene rings is 1. The number of unbranched alkanes of at least 4 members (excludes halogenated alkanes) is 4. The molecule has 0 atom stereocenters. The van der Waals surface area contributed by atoms with Gasteiger partial charge in [-0.05, 0) is 37.7 Å². The number of hydrogen-bond donors (Lipinski definition) is 2. The Morgan fingerprint density at radius 3 is 2.37 bits per heavy atom. The van der Waals surface area contributed by atoms with E-state index in [1.54, 1.807) is 0 Å². The van der Waals surface area contributed by atoms with Crippen molar-refractivity contribution < 1.29 is 4.74 Å². The van der Waals surface area contributed by atoms with E-state index >= 15 is 0 Å². The fourth-order valence-electron chi connectivity index (χ4n) is 1.90. The van der Waals surface area contributed by atoms with Gasteiger partial charge >= 0.3 is 0 Å². The Balaban J connectivity index is 2.13. The zero-order valence-electron chi connectivity index (χ0n) is 12.4. The molecule has 0 aliphatic carbocycles. The van der Waals surface area contributed by atoms with Gasteiger partial charge in [-0.15, -0.1) is 0 Å². The summed E-state index contributed by atoms with van der Waals surface area (Å²) in [6, 6.07) is 8.21. The van der Waals surface area contributed by atoms with E-state index in [1.165, 1.54) is 25.7 Å². The average Bonchev–Trinajstić information content (AvgIpc) is 2.44. The topological polar surface area (TPSA) is 33.3 Å². The Morgan fingerprint density at radius 1 is 0.947 bits per heavy atom. The molecule has 0 unspecified atom stereocenters. The lowest BCUT2D eigenvalue weighted by molar-refractivity contribution is 0.304. The molecule has 0 radical (unpaired) electrons. The molecule has 3 heteroatoms. The van der Waals surface area contributed by atoms with Gasteiger partial charge in [0.25, 0.3) is 0 Å². The predicted molar refractivity (Wildman–Crippen MR) is 83.1 cm³/mol. The molecule has 3 nitrogen and oxygen atoms in total. The first-order valence-corrected chi connectivity index (χ1v) is 7.48. The average molecular weight is 264 g/mol. The second-order valence-electron chi connectivity index (χ2n) is 4.82. The minimum absolute atomic E-state index is 0.830. The third kappa shape index (κ3) is 7.73. The van der Waals surface area contributed by atoms with Crippen molar-refractivity contribution in [3.63, 3.8) is 0 Å². The van der Waals surface area contributed by atoms with E-state index in [2.05, 4.69) is 29.7 Å². The SMILES string of the molecule is CCCCCCCOc1ccc(NCCNC)cc1. The van der Waals surface area contributed by atoms with Gasteiger partial charge in [-0.25, -0.2) is 0 Å². The van der Waals surface area contributed by atoms with Crippen LogP contribution in [0.3, 0.4) is 0 Å². The third-order valence-corrected chi connectivity index (χ3v) is 3.08. The Morgan fingerprint density at radius 2 is 1.68 bits per heavy atom. The summed E-state index contributed by atoms with van der Waals surface area (Å²) >= 11 is 0. The maximum absolute atomic E-state index is 5.73. The maximum atomic E-state index is 5.73. The van der Waals surface area contributed by atoms with Gasteiger partial charge in [0.2, 0.25) is 0 Å². The van der Waals surface area contributed by atoms with E-state index in [0.717, 1.165) is 37.6 Å². The molecule has 0 saturated carbocycles. The fraction of sp³-hybridized carbons (Fsp3) is 0.625. The molecule has 0 saturated heterocycles. The Labute approximate surface area is 117 Å². The van der Waals surface area contributed by atoms with E-state index in [0.29, 0.717) is 0 Å². The maximum Gasteiger partial charge on any atom is 0.119 e. The Kier molecular flexibility index (Phi) is 8.90. The van der Waals surface area contributed by atoms with Crippen LogP contribution in [0.4, 0.5) is 5.69 Å². The molecule has 0 fully saturated rings. The first-order chi connectivity index (χ1) is 9.36. The summed E-state index contributed by atoms with van der Waals surface area (Å²) in [6.45, 7) is 4.98. The number of hydrogen-bond acceptors (Lipinski definition) is 3. The van der Waals surface area contributed by atoms with Gasteiger partial charge in [-0.2, -0.15) is 0 Å². The summed E-state index contributed by atoms with van der Waals surface area (Å²) in [5.74, 6) is 0.967. The quantitative estimate of drug-likeness (QED) is 0.598. The van der Waals surface area contributed by atoms with Gasteiger partial charge in [0.15, 0.2) is 0 Å². The fourth-order valence-corrected chi connectivity index (χ4v) is 1.90. The summed E-state index contributed by atoms with van der Waals surface area (Å²) in [6.07, 6.45) is 6.39. The van der Waals surface area contributed by atoms with Gasteiger partial charge < -0.3 is 15.4 Å². The summed E-state index contributed by atoms with van der Waals surface area (Å²) < 4.78 is 5.73. The largest absolute Gasteiger partial charge is 0.494 e. The van der Waals surface area contributed by atoms with Crippen LogP contribution in [0.25, 0.3) is 0 Å². The van der Waals surface area contributed by atoms with Gasteiger partial charge in [0.05, 0.1) is 6.61 Å². The smallest absolute Gasteiger partial charge is 0.119 e. The van der Waals surface area contributed by atoms with Crippen LogP contribution < -0.4 is 15.4 Å². The molecule has 1 aromatic rings. The van der Waals surface area contributed by atoms with Gasteiger partial charge in [0, 0.05) is 18.8 Å². The molecule has 0 aromatic heterocycles. The van der Waals surface area contributed by atoms with E-state index in [1.807, 2.05) is 19.2 Å². The normalized spacial score (nSPS) is 10.4. The van der Waals surface area contributed by atoms with Gasteiger partial charge in [0.1, 0.15) is 5.75 Å². The molecule has 0 aliphatic rings. The van der Waals surface area contributed by atoms with Crippen LogP contribution in [-0.4, -0.2) is 26.7 Å². The first kappa shape index (κ1) is 15.8. The van der Waals surface area contributed by atoms with Crippen molar-refractivity contribution in [2.24, 2.45) is 0 Å². The number of rotatable bonds is 11. The van der Waals surface area contributed by atoms with Crippen molar-refractivity contribution in [1.82, 2.24) is 5.32 Å². The summed E-state index contributed by atoms with van der Waals surface area (Å²) in [4.78, 5) is 0. The molecule has 0 amide bonds. The molecule has 1 aromatic carbocycles. The van der Waals surface area contributed by atoms with Crippen LogP contribution in [0.1, 0.15) is 39.0 Å². The van der Waals surface area contributed by atoms with Crippen molar-refractivity contribution in [3.05, 3.63) is 24.3 Å². The minimum atomic E-state index is 0.830. The van der Waals surface area contributed by atoms with E-state index < -0.39 is 0 Å². The molecular formula is C16H28N2O. The lowest BCUT2D eigenvalue weighted by atomic mass is 10.2. The van der Waals surface area contributed by atoms with Crippen LogP contribution in [0, 0.1) is 0 Å². The molecule has 0 bridgehead atoms. The number of likely N-dealkylation sites (N-methyl/N-ethyl adjacent to an activating group) is 1. The number of nitrogens with one attached hydrogen (secondary N) is 2. The minimum Gasteiger partial charge on any atom is -0.494 e. The summed E-state index contributed by atoms with van der Waals surface area (Å²) in [5.41, 5.74) is 1.14. The zero-order valence-corrected chi connectivity index (χ0v) is 12.4. The van der Waals surface area contributed by atoms with E-state index in [9.17, 15) is 0 Å². The van der Waals surface area contributed by atoms with Crippen LogP contribution in [-0.2, 0) is 0 Å². The molecule has 2 N–H and O–H groups in total. The van der Waals surface area contributed by atoms with E-state index in [4.69, 9.17) is 4.74 Å². The molecule has 108 valence electrons. The van der Waals surface area contributed by atoms with Crippen LogP contribution in [0.15, 0.2) is 24.3 Å². The molecule has 1 rings (SSSR count). The van der Waals surface area contributed by atoms with Crippen LogP contribution in [0.5, 0.6) is 5.75 Å². The van der Waals surface area contributed by atoms with Crippen molar-refractivity contribution in [3.8, 4) is 5.75 Å². The molecular weight excluding hydrogens is 236 g/mol. The number of anilines is 1. The molecule has 0 aliphatic heterocycles. The highest BCUT2D eigenvalue weighted by molar-refractivity contribution is 5.46. The Bertz CT molecular complexity index is 311. The zero-order chi connectivity index (χ0) is 13.8. The molecule has 19 heavy (non-hydrogen) atoms. The lowest BCUT2D eigenvalue weighted by Crippen LogP contribution is -2.17. The van der Waals surface area contributed by atoms with Crippen LogP contribution in [0.2, 0.25) is 0 Å². The van der Waals surface area contributed by atoms with Crippen molar-refractivity contribution in [1.29, 1.82) is 0 Å². The van der Waals surface area contributed by atoms with Crippen LogP contribution >= 0.6 is 0 Å². The summed E-state index contributed by atoms with van der Waals surface area (Å²) in [7, 11) is 1.96. The first-order valence-electron chi connectivity index (χ1n) is 7.48. The summed E-state index contributed by atoms with van der Waals surface area (Å²) in [5, 5.41) is 6.46. The van der Waals surface area contributed by atoms with Crippen molar-refractivity contribution in [2.75, 3.05) is 32.1 Å². The van der Waals surface area contributed by atoms with E-state index in [-0.39, 0.29) is 0 Å². The lowest BCUT2D eigenvalue weighted by Gasteiger charge is -2.08. The Hall–Kier alpha value is -1.22. The second kappa shape index (κ2) is 10.7. The van der Waals surface area contributed by atoms with Gasteiger partial charge in [-0.1, -0.05) is 32.6 Å². The predicted octanol–water partition coefficient (Wildman–Crippen LogP) is 3.67. The monoisotopic (exact) mass is 264 g/mol. The second-order valence-corrected chi connectivity index (χ2v) is 4.82. The molecule has 0 heterocycles. The standard InChI is InChI=1S/C16H28N2O/c1-3-4-5-6-7-14-19-16-10-8-15(9-11-16)18-13-12-17-2/h8-11,17-18H,3-7,12-14H2,1-2H3. The molecule has 0 spiro atoms. The highest BCUT2D eigenvalue weighted by Crippen LogP contribution is 2.16. The van der Waals surface area contributed by atoms with Gasteiger partial charge in [-0.3, -0.25) is 0 Å². The highest BCUT2D eigenvalue weighted by atomic mass is 16.5. The third-order valence-electron chi connectivity index (χ3n) is 3.08. The highest BCUT2D eigenvalue weighted by Gasteiger charge is 1.95. The number of ether oxygens (including phenoxy) is 1. The van der Waals surface area contributed by atoms with Crippen molar-refractivity contribution >= 4 is 5.69 Å². The van der Waals surface area contributed by atoms with Crippen molar-refractivity contribution in [2.45, 2.75) is 39.0 Å².